The zero-order valence-electron chi connectivity index (χ0n) is 20.5. The van der Waals surface area contributed by atoms with Crippen LogP contribution in [0.3, 0.4) is 0 Å². The van der Waals surface area contributed by atoms with E-state index in [4.69, 9.17) is 9.47 Å². The van der Waals surface area contributed by atoms with Crippen molar-refractivity contribution in [3.05, 3.63) is 103 Å². The molecule has 186 valence electrons. The van der Waals surface area contributed by atoms with E-state index in [0.29, 0.717) is 50.5 Å². The summed E-state index contributed by atoms with van der Waals surface area (Å²) in [5.41, 5.74) is 2.75. The molecule has 1 aliphatic rings. The topological polar surface area (TPSA) is 90.1 Å². The number of aromatic nitrogens is 1. The Morgan fingerprint density at radius 2 is 1.97 bits per heavy atom. The first-order chi connectivity index (χ1) is 17.4. The first kappa shape index (κ1) is 25.2. The molecule has 0 saturated heterocycles. The summed E-state index contributed by atoms with van der Waals surface area (Å²) < 4.78 is 12.9. The van der Waals surface area contributed by atoms with Gasteiger partial charge in [0.1, 0.15) is 0 Å². The Morgan fingerprint density at radius 3 is 2.64 bits per heavy atom. The minimum atomic E-state index is -0.654. The van der Waals surface area contributed by atoms with E-state index in [2.05, 4.69) is 11.6 Å². The molecular weight excluding hydrogens is 476 g/mol. The lowest BCUT2D eigenvalue weighted by Crippen LogP contribution is -2.39. The summed E-state index contributed by atoms with van der Waals surface area (Å²) in [4.78, 5) is 31.8. The number of nitrogens with zero attached hydrogens (tertiary/aromatic N) is 2. The smallest absolute Gasteiger partial charge is 0.338 e. The summed E-state index contributed by atoms with van der Waals surface area (Å²) in [6.07, 6.45) is 3.90. The number of carbonyl (C=O) groups excluding carboxylic acids is 1. The van der Waals surface area contributed by atoms with Gasteiger partial charge in [0.2, 0.25) is 0 Å². The maximum Gasteiger partial charge on any atom is 0.338 e. The zero-order valence-corrected chi connectivity index (χ0v) is 21.3. The number of carbonyl (C=O) groups is 1. The third-order valence-corrected chi connectivity index (χ3v) is 6.75. The predicted molar refractivity (Wildman–Crippen MR) is 140 cm³/mol. The van der Waals surface area contributed by atoms with Crippen LogP contribution in [0.4, 0.5) is 0 Å². The van der Waals surface area contributed by atoms with Crippen LogP contribution in [-0.2, 0) is 16.0 Å². The SMILES string of the molecule is C=CCc1cc(/C=c2/sc3n(c2=O)[C@H](c2ccccc2)C(C(=O)OCC)=C(C)N=3)cc(OCC)c1O. The second-order valence-electron chi connectivity index (χ2n) is 8.17. The third-order valence-electron chi connectivity index (χ3n) is 5.77. The van der Waals surface area contributed by atoms with E-state index in [1.807, 2.05) is 43.3 Å². The van der Waals surface area contributed by atoms with Crippen molar-refractivity contribution in [3.8, 4) is 11.5 Å². The number of hydrogen-bond donors (Lipinski definition) is 1. The number of fused-ring (bicyclic) bond motifs is 1. The van der Waals surface area contributed by atoms with Gasteiger partial charge in [-0.2, -0.15) is 0 Å². The molecule has 3 aromatic rings. The molecule has 0 saturated carbocycles. The van der Waals surface area contributed by atoms with Crippen molar-refractivity contribution < 1.29 is 19.4 Å². The van der Waals surface area contributed by atoms with Crippen molar-refractivity contribution in [3.63, 3.8) is 0 Å². The van der Waals surface area contributed by atoms with Crippen molar-refractivity contribution in [2.75, 3.05) is 13.2 Å². The highest BCUT2D eigenvalue weighted by molar-refractivity contribution is 7.07. The van der Waals surface area contributed by atoms with Gasteiger partial charge in [-0.15, -0.1) is 6.58 Å². The summed E-state index contributed by atoms with van der Waals surface area (Å²) in [6.45, 7) is 9.71. The number of allylic oxidation sites excluding steroid dienone is 2. The van der Waals surface area contributed by atoms with Crippen LogP contribution in [0.2, 0.25) is 0 Å². The van der Waals surface area contributed by atoms with E-state index in [9.17, 15) is 14.7 Å². The van der Waals surface area contributed by atoms with Crippen LogP contribution >= 0.6 is 11.3 Å². The average Bonchev–Trinajstić information content (AvgIpc) is 3.16. The third kappa shape index (κ3) is 4.77. The van der Waals surface area contributed by atoms with Crippen LogP contribution in [0, 0.1) is 0 Å². The number of ether oxygens (including phenoxy) is 2. The van der Waals surface area contributed by atoms with E-state index in [1.165, 1.54) is 11.3 Å². The molecule has 0 fully saturated rings. The molecule has 0 bridgehead atoms. The Morgan fingerprint density at radius 1 is 1.22 bits per heavy atom. The monoisotopic (exact) mass is 504 g/mol. The van der Waals surface area contributed by atoms with Gasteiger partial charge in [0.05, 0.1) is 35.1 Å². The Kier molecular flexibility index (Phi) is 7.55. The fourth-order valence-corrected chi connectivity index (χ4v) is 5.29. The number of rotatable bonds is 8. The molecule has 4 rings (SSSR count). The molecule has 0 aliphatic carbocycles. The molecule has 7 nitrogen and oxygen atoms in total. The van der Waals surface area contributed by atoms with Gasteiger partial charge in [0.15, 0.2) is 16.3 Å². The molecular formula is C28H28N2O5S. The summed E-state index contributed by atoms with van der Waals surface area (Å²) in [7, 11) is 0. The Labute approximate surface area is 213 Å². The van der Waals surface area contributed by atoms with Gasteiger partial charge in [-0.3, -0.25) is 9.36 Å². The second kappa shape index (κ2) is 10.8. The Balaban J connectivity index is 1.93. The quantitative estimate of drug-likeness (QED) is 0.374. The van der Waals surface area contributed by atoms with E-state index in [-0.39, 0.29) is 17.9 Å². The minimum Gasteiger partial charge on any atom is -0.504 e. The summed E-state index contributed by atoms with van der Waals surface area (Å²) in [6, 6.07) is 12.3. The number of aromatic hydroxyl groups is 1. The zero-order chi connectivity index (χ0) is 25.8. The van der Waals surface area contributed by atoms with Crippen LogP contribution in [-0.4, -0.2) is 28.9 Å². The van der Waals surface area contributed by atoms with Crippen LogP contribution in [0.15, 0.2) is 76.2 Å². The summed E-state index contributed by atoms with van der Waals surface area (Å²) in [5, 5.41) is 10.5. The highest BCUT2D eigenvalue weighted by atomic mass is 32.1. The lowest BCUT2D eigenvalue weighted by molar-refractivity contribution is -0.139. The molecule has 0 radical (unpaired) electrons. The number of hydrogen-bond acceptors (Lipinski definition) is 7. The van der Waals surface area contributed by atoms with Crippen molar-refractivity contribution in [1.29, 1.82) is 0 Å². The summed E-state index contributed by atoms with van der Waals surface area (Å²) >= 11 is 1.25. The highest BCUT2D eigenvalue weighted by Gasteiger charge is 2.33. The maximum absolute atomic E-state index is 13.7. The summed E-state index contributed by atoms with van der Waals surface area (Å²) in [5.74, 6) is -0.0801. The van der Waals surface area contributed by atoms with Crippen LogP contribution < -0.4 is 19.6 Å². The van der Waals surface area contributed by atoms with E-state index < -0.39 is 12.0 Å². The Hall–Kier alpha value is -3.91. The molecule has 8 heteroatoms. The molecule has 1 aromatic heterocycles. The maximum atomic E-state index is 13.7. The number of esters is 1. The number of thiazole rings is 1. The predicted octanol–water partition coefficient (Wildman–Crippen LogP) is 3.63. The molecule has 36 heavy (non-hydrogen) atoms. The molecule has 0 unspecified atom stereocenters. The first-order valence-electron chi connectivity index (χ1n) is 11.7. The van der Waals surface area contributed by atoms with Crippen LogP contribution in [0.5, 0.6) is 11.5 Å². The van der Waals surface area contributed by atoms with E-state index in [1.54, 1.807) is 36.6 Å². The minimum absolute atomic E-state index is 0.0640. The fraction of sp³-hybridized carbons (Fsp3) is 0.250. The van der Waals surface area contributed by atoms with Crippen molar-refractivity contribution >= 4 is 23.4 Å². The molecule has 1 atom stereocenters. The molecule has 2 heterocycles. The van der Waals surface area contributed by atoms with Gasteiger partial charge in [-0.1, -0.05) is 47.7 Å². The lowest BCUT2D eigenvalue weighted by atomic mass is 9.96. The van der Waals surface area contributed by atoms with Crippen LogP contribution in [0.1, 0.15) is 43.5 Å². The van der Waals surface area contributed by atoms with E-state index in [0.717, 1.165) is 5.56 Å². The molecule has 1 N–H and O–H groups in total. The van der Waals surface area contributed by atoms with Gasteiger partial charge >= 0.3 is 5.97 Å². The number of phenolic OH excluding ortho intramolecular Hbond substituents is 1. The van der Waals surface area contributed by atoms with Crippen molar-refractivity contribution in [2.45, 2.75) is 33.2 Å². The van der Waals surface area contributed by atoms with Gasteiger partial charge in [-0.25, -0.2) is 9.79 Å². The largest absolute Gasteiger partial charge is 0.504 e. The van der Waals surface area contributed by atoms with Crippen molar-refractivity contribution in [2.24, 2.45) is 4.99 Å². The molecule has 1 aliphatic heterocycles. The number of benzene rings is 2. The fourth-order valence-electron chi connectivity index (χ4n) is 4.24. The number of phenols is 1. The molecule has 2 aromatic carbocycles. The van der Waals surface area contributed by atoms with Crippen molar-refractivity contribution in [1.82, 2.24) is 4.57 Å². The van der Waals surface area contributed by atoms with Gasteiger partial charge in [-0.05, 0) is 56.5 Å². The standard InChI is InChI=1S/C28H28N2O5S/c1-5-11-20-14-18(15-21(25(20)31)34-6-2)16-22-26(32)30-24(19-12-9-8-10-13-19)23(27(33)35-7-3)17(4)29-28(30)36-22/h5,8-10,12-16,24,31H,1,6-7,11H2,2-4H3/b22-16+/t24-/m1/s1. The van der Waals surface area contributed by atoms with Gasteiger partial charge in [0.25, 0.3) is 5.56 Å². The van der Waals surface area contributed by atoms with Gasteiger partial charge < -0.3 is 14.6 Å². The second-order valence-corrected chi connectivity index (χ2v) is 9.17. The molecule has 0 amide bonds. The average molecular weight is 505 g/mol. The lowest BCUT2D eigenvalue weighted by Gasteiger charge is -2.24. The van der Waals surface area contributed by atoms with Crippen LogP contribution in [0.25, 0.3) is 6.08 Å². The normalized spacial score (nSPS) is 15.3. The van der Waals surface area contributed by atoms with E-state index >= 15 is 0 Å². The highest BCUT2D eigenvalue weighted by Crippen LogP contribution is 2.33. The Bertz CT molecular complexity index is 1520. The van der Waals surface area contributed by atoms with Gasteiger partial charge in [0, 0.05) is 5.56 Å². The first-order valence-corrected chi connectivity index (χ1v) is 12.5. The molecule has 0 spiro atoms.